The number of rotatable bonds is 5. The van der Waals surface area contributed by atoms with E-state index in [9.17, 15) is 13.9 Å². The fourth-order valence-corrected chi connectivity index (χ4v) is 3.43. The summed E-state index contributed by atoms with van der Waals surface area (Å²) < 4.78 is 28.4. The van der Waals surface area contributed by atoms with Gasteiger partial charge in [-0.15, -0.1) is 0 Å². The minimum atomic E-state index is -0.603. The Morgan fingerprint density at radius 2 is 1.86 bits per heavy atom. The summed E-state index contributed by atoms with van der Waals surface area (Å²) in [5, 5.41) is 14.6. The quantitative estimate of drug-likeness (QED) is 0.908. The van der Waals surface area contributed by atoms with Gasteiger partial charge in [0.25, 0.3) is 0 Å². The average Bonchev–Trinajstić information content (AvgIpc) is 2.75. The monoisotopic (exact) mass is 312 g/mol. The van der Waals surface area contributed by atoms with Gasteiger partial charge in [-0.05, 0) is 32.4 Å². The van der Waals surface area contributed by atoms with E-state index in [1.165, 1.54) is 23.9 Å². The Labute approximate surface area is 127 Å². The summed E-state index contributed by atoms with van der Waals surface area (Å²) in [6, 6.07) is 3.54. The van der Waals surface area contributed by atoms with E-state index >= 15 is 0 Å². The van der Waals surface area contributed by atoms with Crippen molar-refractivity contribution in [2.75, 3.05) is 0 Å². The second kappa shape index (κ2) is 6.58. The fraction of sp³-hybridized carbons (Fsp3) is 0.400. The van der Waals surface area contributed by atoms with Gasteiger partial charge in [0.15, 0.2) is 0 Å². The molecule has 0 radical (unpaired) electrons. The molecule has 21 heavy (non-hydrogen) atoms. The van der Waals surface area contributed by atoms with Crippen LogP contribution in [-0.2, 0) is 13.0 Å². The Kier molecular flexibility index (Phi) is 5.00. The zero-order valence-electron chi connectivity index (χ0n) is 12.2. The van der Waals surface area contributed by atoms with Crippen LogP contribution >= 0.6 is 11.8 Å². The number of aliphatic hydroxyl groups is 1. The van der Waals surface area contributed by atoms with Crippen LogP contribution < -0.4 is 0 Å². The van der Waals surface area contributed by atoms with Gasteiger partial charge in [0.2, 0.25) is 0 Å². The molecule has 0 atom stereocenters. The predicted molar refractivity (Wildman–Crippen MR) is 78.4 cm³/mol. The van der Waals surface area contributed by atoms with Crippen LogP contribution in [0.3, 0.4) is 0 Å². The number of aliphatic hydroxyl groups excluding tert-OH is 1. The second-order valence-electron chi connectivity index (χ2n) is 4.99. The van der Waals surface area contributed by atoms with Gasteiger partial charge < -0.3 is 5.11 Å². The first-order valence-corrected chi connectivity index (χ1v) is 7.63. The van der Waals surface area contributed by atoms with E-state index in [0.717, 1.165) is 16.7 Å². The van der Waals surface area contributed by atoms with E-state index in [4.69, 9.17) is 0 Å². The summed E-state index contributed by atoms with van der Waals surface area (Å²) in [6.45, 7) is 5.78. The Morgan fingerprint density at radius 1 is 1.24 bits per heavy atom. The highest BCUT2D eigenvalue weighted by Crippen LogP contribution is 2.35. The molecule has 0 aliphatic carbocycles. The highest BCUT2D eigenvalue weighted by molar-refractivity contribution is 7.99. The maximum absolute atomic E-state index is 13.3. The molecule has 2 rings (SSSR count). The Morgan fingerprint density at radius 3 is 2.33 bits per heavy atom. The van der Waals surface area contributed by atoms with Crippen LogP contribution in [-0.4, -0.2) is 14.9 Å². The van der Waals surface area contributed by atoms with Crippen molar-refractivity contribution in [3.05, 3.63) is 41.1 Å². The molecule has 3 nitrogen and oxygen atoms in total. The SMILES string of the molecule is CCc1c(CO)nn(C(C)C)c1Sc1cc(F)cc(F)c1. The lowest BCUT2D eigenvalue weighted by Crippen LogP contribution is -2.05. The van der Waals surface area contributed by atoms with Crippen LogP contribution in [0.1, 0.15) is 38.1 Å². The van der Waals surface area contributed by atoms with Gasteiger partial charge in [0.1, 0.15) is 16.7 Å². The topological polar surface area (TPSA) is 38.1 Å². The van der Waals surface area contributed by atoms with Crippen molar-refractivity contribution in [3.63, 3.8) is 0 Å². The van der Waals surface area contributed by atoms with Crippen LogP contribution in [0.4, 0.5) is 8.78 Å². The number of nitrogens with zero attached hydrogens (tertiary/aromatic N) is 2. The Balaban J connectivity index is 2.48. The van der Waals surface area contributed by atoms with Crippen LogP contribution in [0.5, 0.6) is 0 Å². The summed E-state index contributed by atoms with van der Waals surface area (Å²) in [5.74, 6) is -1.21. The molecule has 0 spiro atoms. The Bertz CT molecular complexity index is 621. The maximum Gasteiger partial charge on any atom is 0.127 e. The Hall–Kier alpha value is -1.40. The third-order valence-corrected chi connectivity index (χ3v) is 4.18. The molecule has 0 aliphatic rings. The van der Waals surface area contributed by atoms with Crippen molar-refractivity contribution in [3.8, 4) is 0 Å². The van der Waals surface area contributed by atoms with Gasteiger partial charge in [-0.25, -0.2) is 8.78 Å². The largest absolute Gasteiger partial charge is 0.390 e. The number of benzene rings is 1. The van der Waals surface area contributed by atoms with E-state index in [2.05, 4.69) is 5.10 Å². The summed E-state index contributed by atoms with van der Waals surface area (Å²) in [5.41, 5.74) is 1.53. The third-order valence-electron chi connectivity index (χ3n) is 3.09. The van der Waals surface area contributed by atoms with Crippen molar-refractivity contribution >= 4 is 11.8 Å². The summed E-state index contributed by atoms with van der Waals surface area (Å²) in [4.78, 5) is 0.480. The molecule has 1 aromatic carbocycles. The molecule has 1 N–H and O–H groups in total. The van der Waals surface area contributed by atoms with Gasteiger partial charge in [0, 0.05) is 22.6 Å². The van der Waals surface area contributed by atoms with Crippen molar-refractivity contribution in [2.45, 2.75) is 49.8 Å². The number of halogens is 2. The fourth-order valence-electron chi connectivity index (χ4n) is 2.14. The standard InChI is InChI=1S/C15H18F2N2OS/c1-4-13-14(8-20)18-19(9(2)3)15(13)21-12-6-10(16)5-11(17)7-12/h5-7,9,20H,4,8H2,1-3H3. The summed E-state index contributed by atoms with van der Waals surface area (Å²) in [7, 11) is 0. The molecule has 1 heterocycles. The molecular formula is C15H18F2N2OS. The first-order chi connectivity index (χ1) is 9.96. The van der Waals surface area contributed by atoms with Gasteiger partial charge in [-0.1, -0.05) is 18.7 Å². The highest BCUT2D eigenvalue weighted by atomic mass is 32.2. The van der Waals surface area contributed by atoms with E-state index in [1.807, 2.05) is 20.8 Å². The lowest BCUT2D eigenvalue weighted by Gasteiger charge is -2.12. The smallest absolute Gasteiger partial charge is 0.127 e. The van der Waals surface area contributed by atoms with Gasteiger partial charge >= 0.3 is 0 Å². The lowest BCUT2D eigenvalue weighted by atomic mass is 10.2. The van der Waals surface area contributed by atoms with Crippen molar-refractivity contribution < 1.29 is 13.9 Å². The second-order valence-corrected chi connectivity index (χ2v) is 6.05. The molecule has 0 bridgehead atoms. The van der Waals surface area contributed by atoms with E-state index in [-0.39, 0.29) is 12.6 Å². The lowest BCUT2D eigenvalue weighted by molar-refractivity contribution is 0.273. The molecule has 2 aromatic rings. The zero-order valence-corrected chi connectivity index (χ0v) is 13.0. The number of hydrogen-bond acceptors (Lipinski definition) is 3. The highest BCUT2D eigenvalue weighted by Gasteiger charge is 2.19. The van der Waals surface area contributed by atoms with E-state index < -0.39 is 11.6 Å². The van der Waals surface area contributed by atoms with Crippen LogP contribution in [0.15, 0.2) is 28.1 Å². The molecule has 114 valence electrons. The average molecular weight is 312 g/mol. The molecule has 1 aromatic heterocycles. The van der Waals surface area contributed by atoms with Crippen LogP contribution in [0, 0.1) is 11.6 Å². The maximum atomic E-state index is 13.3. The molecule has 0 amide bonds. The molecule has 0 aliphatic heterocycles. The van der Waals surface area contributed by atoms with Crippen LogP contribution in [0.25, 0.3) is 0 Å². The predicted octanol–water partition coefficient (Wildman–Crippen LogP) is 3.95. The summed E-state index contributed by atoms with van der Waals surface area (Å²) >= 11 is 1.27. The van der Waals surface area contributed by atoms with Crippen molar-refractivity contribution in [1.29, 1.82) is 0 Å². The van der Waals surface area contributed by atoms with Crippen molar-refractivity contribution in [2.24, 2.45) is 0 Å². The minimum Gasteiger partial charge on any atom is -0.390 e. The number of aromatic nitrogens is 2. The van der Waals surface area contributed by atoms with Gasteiger partial charge in [0.05, 0.1) is 12.3 Å². The molecular weight excluding hydrogens is 294 g/mol. The van der Waals surface area contributed by atoms with Gasteiger partial charge in [-0.3, -0.25) is 4.68 Å². The molecule has 0 saturated carbocycles. The number of hydrogen-bond donors (Lipinski definition) is 1. The first kappa shape index (κ1) is 16.0. The van der Waals surface area contributed by atoms with Gasteiger partial charge in [-0.2, -0.15) is 5.10 Å². The third kappa shape index (κ3) is 3.44. The molecule has 0 saturated heterocycles. The molecule has 6 heteroatoms. The van der Waals surface area contributed by atoms with E-state index in [1.54, 1.807) is 4.68 Å². The van der Waals surface area contributed by atoms with E-state index in [0.29, 0.717) is 17.0 Å². The minimum absolute atomic E-state index is 0.0940. The molecule has 0 unspecified atom stereocenters. The molecule has 0 fully saturated rings. The zero-order chi connectivity index (χ0) is 15.6. The van der Waals surface area contributed by atoms with Crippen LogP contribution in [0.2, 0.25) is 0 Å². The summed E-state index contributed by atoms with van der Waals surface area (Å²) in [6.07, 6.45) is 0.697. The van der Waals surface area contributed by atoms with Crippen molar-refractivity contribution in [1.82, 2.24) is 9.78 Å². The first-order valence-electron chi connectivity index (χ1n) is 6.81. The normalized spacial score (nSPS) is 11.4.